The van der Waals surface area contributed by atoms with Gasteiger partial charge in [-0.3, -0.25) is 4.79 Å². The Morgan fingerprint density at radius 2 is 2.26 bits per heavy atom. The zero-order valence-electron chi connectivity index (χ0n) is 10.5. The first-order valence-electron chi connectivity index (χ1n) is 5.65. The minimum Gasteiger partial charge on any atom is -0.351 e. The third-order valence-electron chi connectivity index (χ3n) is 2.46. The standard InChI is InChI=1S/C12H15N5O.ClH/c1-9(13)12(18)15-8-10-4-2-5-14-11(10)17-7-3-6-16-17;/h2-7,9H,8,13H2,1H3,(H,15,18);1H/t9-;/m1./s1. The molecule has 0 saturated heterocycles. The summed E-state index contributed by atoms with van der Waals surface area (Å²) in [4.78, 5) is 15.7. The summed E-state index contributed by atoms with van der Waals surface area (Å²) >= 11 is 0. The van der Waals surface area contributed by atoms with E-state index in [0.717, 1.165) is 5.56 Å². The molecule has 102 valence electrons. The van der Waals surface area contributed by atoms with E-state index in [1.165, 1.54) is 0 Å². The number of rotatable bonds is 4. The van der Waals surface area contributed by atoms with Crippen LogP contribution in [-0.2, 0) is 11.3 Å². The summed E-state index contributed by atoms with van der Waals surface area (Å²) in [6.07, 6.45) is 5.17. The average molecular weight is 282 g/mol. The quantitative estimate of drug-likeness (QED) is 0.862. The second-order valence-electron chi connectivity index (χ2n) is 3.94. The monoisotopic (exact) mass is 281 g/mol. The molecule has 0 aromatic carbocycles. The number of carbonyl (C=O) groups is 1. The van der Waals surface area contributed by atoms with Gasteiger partial charge in [-0.25, -0.2) is 9.67 Å². The fourth-order valence-electron chi connectivity index (χ4n) is 1.51. The Labute approximate surface area is 117 Å². The van der Waals surface area contributed by atoms with E-state index in [4.69, 9.17) is 5.73 Å². The van der Waals surface area contributed by atoms with E-state index in [0.29, 0.717) is 12.4 Å². The third-order valence-corrected chi connectivity index (χ3v) is 2.46. The maximum atomic E-state index is 11.4. The molecule has 0 fully saturated rings. The molecule has 19 heavy (non-hydrogen) atoms. The molecule has 0 unspecified atom stereocenters. The number of aromatic nitrogens is 3. The SMILES string of the molecule is C[C@@H](N)C(=O)NCc1cccnc1-n1cccn1.Cl. The minimum absolute atomic E-state index is 0. The van der Waals surface area contributed by atoms with Gasteiger partial charge in [0.1, 0.15) is 0 Å². The Balaban J connectivity index is 0.00000180. The van der Waals surface area contributed by atoms with Crippen molar-refractivity contribution in [2.24, 2.45) is 5.73 Å². The summed E-state index contributed by atoms with van der Waals surface area (Å²) < 4.78 is 1.66. The van der Waals surface area contributed by atoms with Crippen molar-refractivity contribution in [2.75, 3.05) is 0 Å². The first kappa shape index (κ1) is 15.1. The van der Waals surface area contributed by atoms with Crippen molar-refractivity contribution in [3.8, 4) is 5.82 Å². The molecule has 0 saturated carbocycles. The van der Waals surface area contributed by atoms with Crippen molar-refractivity contribution in [2.45, 2.75) is 19.5 Å². The number of nitrogens with zero attached hydrogens (tertiary/aromatic N) is 3. The van der Waals surface area contributed by atoms with Crippen molar-refractivity contribution in [3.63, 3.8) is 0 Å². The van der Waals surface area contributed by atoms with Crippen LogP contribution in [0.4, 0.5) is 0 Å². The Morgan fingerprint density at radius 3 is 2.89 bits per heavy atom. The second-order valence-corrected chi connectivity index (χ2v) is 3.94. The molecule has 0 aliphatic heterocycles. The van der Waals surface area contributed by atoms with Gasteiger partial charge in [-0.15, -0.1) is 12.4 Å². The number of nitrogens with two attached hydrogens (primary N) is 1. The van der Waals surface area contributed by atoms with Crippen LogP contribution < -0.4 is 11.1 Å². The van der Waals surface area contributed by atoms with E-state index in [-0.39, 0.29) is 18.3 Å². The number of hydrogen-bond donors (Lipinski definition) is 2. The van der Waals surface area contributed by atoms with Gasteiger partial charge in [0, 0.05) is 30.7 Å². The predicted molar refractivity (Wildman–Crippen MR) is 74.1 cm³/mol. The first-order chi connectivity index (χ1) is 8.68. The van der Waals surface area contributed by atoms with E-state index in [1.807, 2.05) is 18.2 Å². The molecule has 0 aliphatic carbocycles. The number of hydrogen-bond acceptors (Lipinski definition) is 4. The Hall–Kier alpha value is -1.92. The minimum atomic E-state index is -0.519. The predicted octanol–water partition coefficient (Wildman–Crippen LogP) is 0.652. The van der Waals surface area contributed by atoms with Gasteiger partial charge in [0.2, 0.25) is 5.91 Å². The molecule has 2 heterocycles. The van der Waals surface area contributed by atoms with Crippen LogP contribution in [0.25, 0.3) is 5.82 Å². The van der Waals surface area contributed by atoms with Crippen LogP contribution in [0.1, 0.15) is 12.5 Å². The van der Waals surface area contributed by atoms with Crippen LogP contribution in [0, 0.1) is 0 Å². The normalized spacial score (nSPS) is 11.5. The molecule has 1 atom stereocenters. The molecule has 1 amide bonds. The van der Waals surface area contributed by atoms with Crippen LogP contribution in [0.15, 0.2) is 36.8 Å². The molecule has 7 heteroatoms. The van der Waals surface area contributed by atoms with Crippen molar-refractivity contribution < 1.29 is 4.79 Å². The molecule has 6 nitrogen and oxygen atoms in total. The number of pyridine rings is 1. The molecular weight excluding hydrogens is 266 g/mol. The fourth-order valence-corrected chi connectivity index (χ4v) is 1.51. The van der Waals surface area contributed by atoms with Crippen LogP contribution in [0.2, 0.25) is 0 Å². The van der Waals surface area contributed by atoms with E-state index in [2.05, 4.69) is 15.4 Å². The molecule has 3 N–H and O–H groups in total. The van der Waals surface area contributed by atoms with Crippen molar-refractivity contribution in [1.29, 1.82) is 0 Å². The van der Waals surface area contributed by atoms with Gasteiger partial charge in [0.05, 0.1) is 6.04 Å². The molecule has 2 aromatic rings. The molecule has 0 spiro atoms. The summed E-state index contributed by atoms with van der Waals surface area (Å²) in [6, 6.07) is 5.01. The summed E-state index contributed by atoms with van der Waals surface area (Å²) in [5, 5.41) is 6.88. The van der Waals surface area contributed by atoms with Gasteiger partial charge < -0.3 is 11.1 Å². The zero-order chi connectivity index (χ0) is 13.0. The van der Waals surface area contributed by atoms with Gasteiger partial charge >= 0.3 is 0 Å². The Morgan fingerprint density at radius 1 is 1.47 bits per heavy atom. The summed E-state index contributed by atoms with van der Waals surface area (Å²) in [5.41, 5.74) is 6.37. The van der Waals surface area contributed by atoms with Gasteiger partial charge in [-0.05, 0) is 19.1 Å². The van der Waals surface area contributed by atoms with Crippen LogP contribution >= 0.6 is 12.4 Å². The number of halogens is 1. The lowest BCUT2D eigenvalue weighted by molar-refractivity contribution is -0.122. The number of carbonyl (C=O) groups excluding carboxylic acids is 1. The first-order valence-corrected chi connectivity index (χ1v) is 5.65. The third kappa shape index (κ3) is 3.77. The smallest absolute Gasteiger partial charge is 0.236 e. The highest BCUT2D eigenvalue weighted by Gasteiger charge is 2.09. The fraction of sp³-hybridized carbons (Fsp3) is 0.250. The van der Waals surface area contributed by atoms with Gasteiger partial charge in [0.15, 0.2) is 5.82 Å². The van der Waals surface area contributed by atoms with Crippen LogP contribution in [-0.4, -0.2) is 26.7 Å². The van der Waals surface area contributed by atoms with Gasteiger partial charge in [0.25, 0.3) is 0 Å². The highest BCUT2D eigenvalue weighted by molar-refractivity contribution is 5.85. The maximum absolute atomic E-state index is 11.4. The zero-order valence-corrected chi connectivity index (χ0v) is 11.3. The second kappa shape index (κ2) is 6.86. The highest BCUT2D eigenvalue weighted by atomic mass is 35.5. The van der Waals surface area contributed by atoms with Crippen LogP contribution in [0.5, 0.6) is 0 Å². The lowest BCUT2D eigenvalue weighted by Crippen LogP contribution is -2.38. The summed E-state index contributed by atoms with van der Waals surface area (Å²) in [7, 11) is 0. The molecular formula is C12H16ClN5O. The largest absolute Gasteiger partial charge is 0.351 e. The van der Waals surface area contributed by atoms with Gasteiger partial charge in [-0.1, -0.05) is 6.07 Å². The molecule has 0 aliphatic rings. The topological polar surface area (TPSA) is 85.8 Å². The van der Waals surface area contributed by atoms with Crippen molar-refractivity contribution >= 4 is 18.3 Å². The van der Waals surface area contributed by atoms with Gasteiger partial charge in [-0.2, -0.15) is 5.10 Å². The van der Waals surface area contributed by atoms with E-state index in [9.17, 15) is 4.79 Å². The van der Waals surface area contributed by atoms with Crippen LogP contribution in [0.3, 0.4) is 0 Å². The lowest BCUT2D eigenvalue weighted by atomic mass is 10.2. The molecule has 2 aromatic heterocycles. The summed E-state index contributed by atoms with van der Waals surface area (Å²) in [5.74, 6) is 0.512. The summed E-state index contributed by atoms with van der Waals surface area (Å²) in [6.45, 7) is 2.02. The Bertz CT molecular complexity index is 527. The average Bonchev–Trinajstić information content (AvgIpc) is 2.89. The molecule has 0 radical (unpaired) electrons. The molecule has 2 rings (SSSR count). The van der Waals surface area contributed by atoms with E-state index >= 15 is 0 Å². The number of amides is 1. The molecule has 0 bridgehead atoms. The Kier molecular flexibility index (Phi) is 5.47. The lowest BCUT2D eigenvalue weighted by Gasteiger charge is -2.10. The van der Waals surface area contributed by atoms with E-state index < -0.39 is 6.04 Å². The van der Waals surface area contributed by atoms with Crippen molar-refractivity contribution in [1.82, 2.24) is 20.1 Å². The number of nitrogens with one attached hydrogen (secondary N) is 1. The van der Waals surface area contributed by atoms with E-state index in [1.54, 1.807) is 30.2 Å². The highest BCUT2D eigenvalue weighted by Crippen LogP contribution is 2.09. The maximum Gasteiger partial charge on any atom is 0.236 e. The van der Waals surface area contributed by atoms with Crippen molar-refractivity contribution in [3.05, 3.63) is 42.4 Å².